The highest BCUT2D eigenvalue weighted by molar-refractivity contribution is 6.32. The Hall–Kier alpha value is -1.24. The van der Waals surface area contributed by atoms with Crippen molar-refractivity contribution in [2.24, 2.45) is 0 Å². The van der Waals surface area contributed by atoms with Gasteiger partial charge in [-0.25, -0.2) is 4.68 Å². The lowest BCUT2D eigenvalue weighted by Crippen LogP contribution is -2.30. The van der Waals surface area contributed by atoms with Gasteiger partial charge < -0.3 is 5.73 Å². The van der Waals surface area contributed by atoms with Gasteiger partial charge in [-0.3, -0.25) is 4.79 Å². The quantitative estimate of drug-likeness (QED) is 0.780. The Morgan fingerprint density at radius 1 is 1.57 bits per heavy atom. The summed E-state index contributed by atoms with van der Waals surface area (Å²) in [5.74, 6) is 0. The molecule has 0 fully saturated rings. The van der Waals surface area contributed by atoms with Gasteiger partial charge in [0.15, 0.2) is 0 Å². The Bertz CT molecular complexity index is 400. The maximum atomic E-state index is 11.9. The van der Waals surface area contributed by atoms with E-state index in [4.69, 9.17) is 17.3 Å². The van der Waals surface area contributed by atoms with Crippen LogP contribution in [0.3, 0.4) is 0 Å². The lowest BCUT2D eigenvalue weighted by Gasteiger charge is -2.08. The van der Waals surface area contributed by atoms with E-state index in [2.05, 4.69) is 5.10 Å². The summed E-state index contributed by atoms with van der Waals surface area (Å²) in [6.45, 7) is -1.48. The number of hydrogen-bond acceptors (Lipinski definition) is 3. The van der Waals surface area contributed by atoms with Crippen molar-refractivity contribution in [1.29, 1.82) is 0 Å². The molecule has 1 rings (SSSR count). The molecule has 0 aliphatic heterocycles. The van der Waals surface area contributed by atoms with Gasteiger partial charge in [0.2, 0.25) is 0 Å². The van der Waals surface area contributed by atoms with Crippen molar-refractivity contribution in [1.82, 2.24) is 9.78 Å². The van der Waals surface area contributed by atoms with Gasteiger partial charge >= 0.3 is 6.18 Å². The smallest absolute Gasteiger partial charge is 0.396 e. The first-order valence-corrected chi connectivity index (χ1v) is 3.77. The van der Waals surface area contributed by atoms with Gasteiger partial charge in [-0.15, -0.1) is 0 Å². The van der Waals surface area contributed by atoms with Crippen molar-refractivity contribution in [3.05, 3.63) is 21.6 Å². The Morgan fingerprint density at radius 3 is 2.64 bits per heavy atom. The SMILES string of the molecule is Nc1cnn(CC(F)(F)F)c(=O)c1Cl. The summed E-state index contributed by atoms with van der Waals surface area (Å²) in [4.78, 5) is 11.1. The molecule has 0 aromatic carbocycles. The molecule has 4 nitrogen and oxygen atoms in total. The predicted octanol–water partition coefficient (Wildman–Crippen LogP) is 1.04. The highest BCUT2D eigenvalue weighted by Gasteiger charge is 2.29. The molecule has 8 heteroatoms. The minimum absolute atomic E-state index is 0.143. The van der Waals surface area contributed by atoms with Gasteiger partial charge in [-0.2, -0.15) is 18.3 Å². The predicted molar refractivity (Wildman–Crippen MR) is 44.0 cm³/mol. The minimum Gasteiger partial charge on any atom is -0.396 e. The standard InChI is InChI=1S/C6H5ClF3N3O/c7-4-3(11)1-12-13(5(4)14)2-6(8,9)10/h1H,2,11H2. The molecule has 1 aromatic heterocycles. The molecular formula is C6H5ClF3N3O. The normalized spacial score (nSPS) is 11.7. The summed E-state index contributed by atoms with van der Waals surface area (Å²) in [6, 6.07) is 0. The third-order valence-electron chi connectivity index (χ3n) is 1.34. The van der Waals surface area contributed by atoms with Gasteiger partial charge in [0.1, 0.15) is 11.6 Å². The van der Waals surface area contributed by atoms with E-state index >= 15 is 0 Å². The Kier molecular flexibility index (Phi) is 2.70. The Labute approximate surface area is 81.1 Å². The zero-order chi connectivity index (χ0) is 10.9. The zero-order valence-corrected chi connectivity index (χ0v) is 7.43. The molecule has 14 heavy (non-hydrogen) atoms. The molecule has 0 saturated carbocycles. The number of hydrogen-bond donors (Lipinski definition) is 1. The fourth-order valence-electron chi connectivity index (χ4n) is 0.760. The second-order valence-electron chi connectivity index (χ2n) is 2.49. The van der Waals surface area contributed by atoms with Crippen LogP contribution in [-0.2, 0) is 6.54 Å². The van der Waals surface area contributed by atoms with Crippen LogP contribution in [0.4, 0.5) is 18.9 Å². The van der Waals surface area contributed by atoms with Crippen LogP contribution in [0.25, 0.3) is 0 Å². The van der Waals surface area contributed by atoms with E-state index in [1.54, 1.807) is 0 Å². The number of aromatic nitrogens is 2. The second-order valence-corrected chi connectivity index (χ2v) is 2.87. The Balaban J connectivity index is 3.13. The van der Waals surface area contributed by atoms with Gasteiger partial charge in [-0.05, 0) is 0 Å². The molecule has 0 aliphatic rings. The molecule has 0 amide bonds. The van der Waals surface area contributed by atoms with E-state index in [9.17, 15) is 18.0 Å². The molecule has 78 valence electrons. The number of nitrogens with two attached hydrogens (primary N) is 1. The first-order chi connectivity index (χ1) is 6.31. The number of rotatable bonds is 1. The molecule has 0 spiro atoms. The highest BCUT2D eigenvalue weighted by Crippen LogP contribution is 2.17. The topological polar surface area (TPSA) is 60.9 Å². The number of alkyl halides is 3. The van der Waals surface area contributed by atoms with Crippen molar-refractivity contribution in [3.63, 3.8) is 0 Å². The van der Waals surface area contributed by atoms with Crippen molar-refractivity contribution < 1.29 is 13.2 Å². The van der Waals surface area contributed by atoms with Crippen LogP contribution in [0.1, 0.15) is 0 Å². The summed E-state index contributed by atoms with van der Waals surface area (Å²) in [7, 11) is 0. The third-order valence-corrected chi connectivity index (χ3v) is 1.72. The van der Waals surface area contributed by atoms with E-state index in [1.165, 1.54) is 0 Å². The lowest BCUT2D eigenvalue weighted by molar-refractivity contribution is -0.143. The maximum Gasteiger partial charge on any atom is 0.408 e. The number of nitrogens with zero attached hydrogens (tertiary/aromatic N) is 2. The fourth-order valence-corrected chi connectivity index (χ4v) is 0.907. The van der Waals surface area contributed by atoms with E-state index in [0.717, 1.165) is 6.20 Å². The lowest BCUT2D eigenvalue weighted by atomic mass is 10.5. The van der Waals surface area contributed by atoms with Crippen LogP contribution in [0.2, 0.25) is 5.02 Å². The van der Waals surface area contributed by atoms with E-state index in [1.807, 2.05) is 0 Å². The molecule has 1 aromatic rings. The summed E-state index contributed by atoms with van der Waals surface area (Å²) >= 11 is 5.35. The molecule has 0 unspecified atom stereocenters. The van der Waals surface area contributed by atoms with Crippen LogP contribution in [0.5, 0.6) is 0 Å². The number of halogens is 4. The van der Waals surface area contributed by atoms with Gasteiger partial charge in [0.25, 0.3) is 5.56 Å². The van der Waals surface area contributed by atoms with Crippen LogP contribution >= 0.6 is 11.6 Å². The van der Waals surface area contributed by atoms with Crippen molar-refractivity contribution in [2.75, 3.05) is 5.73 Å². The maximum absolute atomic E-state index is 11.9. The molecule has 0 atom stereocenters. The van der Waals surface area contributed by atoms with Gasteiger partial charge in [-0.1, -0.05) is 11.6 Å². The van der Waals surface area contributed by atoms with Crippen LogP contribution in [0, 0.1) is 0 Å². The molecule has 0 bridgehead atoms. The van der Waals surface area contributed by atoms with Crippen molar-refractivity contribution >= 4 is 17.3 Å². The van der Waals surface area contributed by atoms with Gasteiger partial charge in [0, 0.05) is 0 Å². The molecule has 0 saturated heterocycles. The molecular weight excluding hydrogens is 223 g/mol. The summed E-state index contributed by atoms with van der Waals surface area (Å²) in [5, 5.41) is 2.74. The molecule has 2 N–H and O–H groups in total. The molecule has 0 radical (unpaired) electrons. The zero-order valence-electron chi connectivity index (χ0n) is 6.68. The summed E-state index contributed by atoms with van der Waals surface area (Å²) < 4.78 is 35.8. The van der Waals surface area contributed by atoms with Gasteiger partial charge in [0.05, 0.1) is 11.9 Å². The van der Waals surface area contributed by atoms with Crippen LogP contribution in [0.15, 0.2) is 11.0 Å². The van der Waals surface area contributed by atoms with Crippen LogP contribution in [-0.4, -0.2) is 16.0 Å². The second kappa shape index (κ2) is 3.49. The van der Waals surface area contributed by atoms with E-state index < -0.39 is 23.3 Å². The fraction of sp³-hybridized carbons (Fsp3) is 0.333. The first kappa shape index (κ1) is 10.8. The van der Waals surface area contributed by atoms with E-state index in [-0.39, 0.29) is 10.4 Å². The molecule has 0 aliphatic carbocycles. The summed E-state index contributed by atoms with van der Waals surface area (Å²) in [5.41, 5.74) is 3.97. The molecule has 1 heterocycles. The minimum atomic E-state index is -4.52. The van der Waals surface area contributed by atoms with Crippen LogP contribution < -0.4 is 11.3 Å². The largest absolute Gasteiger partial charge is 0.408 e. The Morgan fingerprint density at radius 2 is 2.14 bits per heavy atom. The highest BCUT2D eigenvalue weighted by atomic mass is 35.5. The summed E-state index contributed by atoms with van der Waals surface area (Å²) in [6.07, 6.45) is -3.62. The first-order valence-electron chi connectivity index (χ1n) is 3.39. The monoisotopic (exact) mass is 227 g/mol. The average Bonchev–Trinajstić information content (AvgIpc) is 2.04. The van der Waals surface area contributed by atoms with Crippen molar-refractivity contribution in [3.8, 4) is 0 Å². The average molecular weight is 228 g/mol. The third kappa shape index (κ3) is 2.38. The van der Waals surface area contributed by atoms with E-state index in [0.29, 0.717) is 0 Å². The number of anilines is 1. The number of nitrogen functional groups attached to an aromatic ring is 1. The van der Waals surface area contributed by atoms with Crippen molar-refractivity contribution in [2.45, 2.75) is 12.7 Å².